The van der Waals surface area contributed by atoms with Crippen molar-refractivity contribution in [2.75, 3.05) is 39.3 Å². The molecule has 2 heterocycles. The van der Waals surface area contributed by atoms with Gasteiger partial charge in [-0.1, -0.05) is 12.8 Å². The van der Waals surface area contributed by atoms with Crippen LogP contribution in [-0.4, -0.2) is 56.3 Å². The van der Waals surface area contributed by atoms with Gasteiger partial charge >= 0.3 is 0 Å². The third-order valence-corrected chi connectivity index (χ3v) is 5.55. The first-order valence-electron chi connectivity index (χ1n) is 6.67. The van der Waals surface area contributed by atoms with E-state index in [4.69, 9.17) is 0 Å². The van der Waals surface area contributed by atoms with E-state index in [-0.39, 0.29) is 0 Å². The maximum atomic E-state index is 12.5. The molecule has 0 unspecified atom stereocenters. The number of hydrogen-bond acceptors (Lipinski definition) is 3. The largest absolute Gasteiger partial charge is 0.315 e. The Labute approximate surface area is 104 Å². The summed E-state index contributed by atoms with van der Waals surface area (Å²) in [5, 5.41) is 3.24. The highest BCUT2D eigenvalue weighted by molar-refractivity contribution is 7.86. The van der Waals surface area contributed by atoms with E-state index in [9.17, 15) is 8.42 Å². The maximum absolute atomic E-state index is 12.5. The van der Waals surface area contributed by atoms with Crippen LogP contribution in [0.1, 0.15) is 32.1 Å². The van der Waals surface area contributed by atoms with Gasteiger partial charge in [0, 0.05) is 32.7 Å². The molecule has 0 aromatic heterocycles. The van der Waals surface area contributed by atoms with Gasteiger partial charge < -0.3 is 5.32 Å². The van der Waals surface area contributed by atoms with Crippen LogP contribution in [0.2, 0.25) is 0 Å². The molecule has 17 heavy (non-hydrogen) atoms. The fraction of sp³-hybridized carbons (Fsp3) is 1.00. The SMILES string of the molecule is O=S(=O)(N1CCCCCC1)N1CCCNCC1. The van der Waals surface area contributed by atoms with Crippen LogP contribution in [0.15, 0.2) is 0 Å². The highest BCUT2D eigenvalue weighted by Crippen LogP contribution is 2.16. The molecule has 2 rings (SSSR count). The molecule has 0 amide bonds. The van der Waals surface area contributed by atoms with Gasteiger partial charge in [0.25, 0.3) is 10.2 Å². The minimum Gasteiger partial charge on any atom is -0.315 e. The van der Waals surface area contributed by atoms with Gasteiger partial charge in [-0.3, -0.25) is 0 Å². The van der Waals surface area contributed by atoms with E-state index in [1.54, 1.807) is 8.61 Å². The highest BCUT2D eigenvalue weighted by Gasteiger charge is 2.29. The van der Waals surface area contributed by atoms with Crippen LogP contribution in [0.25, 0.3) is 0 Å². The lowest BCUT2D eigenvalue weighted by Gasteiger charge is -2.27. The fourth-order valence-corrected chi connectivity index (χ4v) is 4.22. The molecule has 2 aliphatic heterocycles. The molecule has 0 atom stereocenters. The van der Waals surface area contributed by atoms with Gasteiger partial charge in [0.15, 0.2) is 0 Å². The molecule has 1 N–H and O–H groups in total. The van der Waals surface area contributed by atoms with E-state index in [2.05, 4.69) is 5.32 Å². The van der Waals surface area contributed by atoms with E-state index in [1.165, 1.54) is 0 Å². The molecule has 0 aromatic carbocycles. The lowest BCUT2D eigenvalue weighted by molar-refractivity contribution is 0.349. The Hall–Kier alpha value is -0.170. The summed E-state index contributed by atoms with van der Waals surface area (Å²) in [7, 11) is -3.21. The van der Waals surface area contributed by atoms with Crippen molar-refractivity contribution in [3.8, 4) is 0 Å². The molecule has 2 fully saturated rings. The van der Waals surface area contributed by atoms with Crippen LogP contribution >= 0.6 is 0 Å². The van der Waals surface area contributed by atoms with Crippen LogP contribution < -0.4 is 5.32 Å². The van der Waals surface area contributed by atoms with E-state index in [0.717, 1.165) is 45.2 Å². The van der Waals surface area contributed by atoms with Crippen molar-refractivity contribution in [2.24, 2.45) is 0 Å². The summed E-state index contributed by atoms with van der Waals surface area (Å²) in [6.07, 6.45) is 5.24. The molecule has 0 aromatic rings. The monoisotopic (exact) mass is 261 g/mol. The van der Waals surface area contributed by atoms with Gasteiger partial charge in [0.05, 0.1) is 0 Å². The van der Waals surface area contributed by atoms with E-state index < -0.39 is 10.2 Å². The van der Waals surface area contributed by atoms with Crippen molar-refractivity contribution in [3.63, 3.8) is 0 Å². The molecule has 100 valence electrons. The average molecular weight is 261 g/mol. The van der Waals surface area contributed by atoms with Crippen LogP contribution in [-0.2, 0) is 10.2 Å². The summed E-state index contributed by atoms with van der Waals surface area (Å²) >= 11 is 0. The maximum Gasteiger partial charge on any atom is 0.282 e. The molecule has 2 saturated heterocycles. The second kappa shape index (κ2) is 6.13. The molecule has 2 aliphatic rings. The quantitative estimate of drug-likeness (QED) is 0.783. The third kappa shape index (κ3) is 3.40. The average Bonchev–Trinajstić information content (AvgIpc) is 2.74. The zero-order chi connectivity index (χ0) is 12.1. The molecule has 0 radical (unpaired) electrons. The van der Waals surface area contributed by atoms with Gasteiger partial charge in [-0.25, -0.2) is 0 Å². The lowest BCUT2D eigenvalue weighted by atomic mass is 10.2. The Balaban J connectivity index is 2.04. The number of rotatable bonds is 2. The van der Waals surface area contributed by atoms with Crippen molar-refractivity contribution in [1.82, 2.24) is 13.9 Å². The zero-order valence-corrected chi connectivity index (χ0v) is 11.2. The molecular formula is C11H23N3O2S. The van der Waals surface area contributed by atoms with Gasteiger partial charge in [-0.2, -0.15) is 17.0 Å². The first-order chi connectivity index (χ1) is 8.21. The van der Waals surface area contributed by atoms with Crippen LogP contribution in [0.5, 0.6) is 0 Å². The zero-order valence-electron chi connectivity index (χ0n) is 10.4. The molecule has 0 bridgehead atoms. The number of nitrogens with one attached hydrogen (secondary N) is 1. The Morgan fingerprint density at radius 1 is 0.706 bits per heavy atom. The smallest absolute Gasteiger partial charge is 0.282 e. The molecule has 6 heteroatoms. The summed E-state index contributed by atoms with van der Waals surface area (Å²) in [4.78, 5) is 0. The predicted molar refractivity (Wildman–Crippen MR) is 68.0 cm³/mol. The number of nitrogens with zero attached hydrogens (tertiary/aromatic N) is 2. The van der Waals surface area contributed by atoms with Gasteiger partial charge in [0.1, 0.15) is 0 Å². The normalized spacial score (nSPS) is 26.4. The summed E-state index contributed by atoms with van der Waals surface area (Å²) in [6.45, 7) is 4.36. The highest BCUT2D eigenvalue weighted by atomic mass is 32.2. The van der Waals surface area contributed by atoms with E-state index in [1.807, 2.05) is 0 Å². The Bertz CT molecular complexity index is 290. The Kier molecular flexibility index (Phi) is 4.78. The first kappa shape index (κ1) is 13.3. The summed E-state index contributed by atoms with van der Waals surface area (Å²) < 4.78 is 28.3. The van der Waals surface area contributed by atoms with E-state index >= 15 is 0 Å². The Morgan fingerprint density at radius 3 is 2.00 bits per heavy atom. The topological polar surface area (TPSA) is 52.7 Å². The molecule has 0 saturated carbocycles. The van der Waals surface area contributed by atoms with Gasteiger partial charge in [0.2, 0.25) is 0 Å². The Morgan fingerprint density at radius 2 is 1.29 bits per heavy atom. The van der Waals surface area contributed by atoms with Gasteiger partial charge in [-0.15, -0.1) is 0 Å². The molecule has 0 aliphatic carbocycles. The molecular weight excluding hydrogens is 238 g/mol. The van der Waals surface area contributed by atoms with Gasteiger partial charge in [-0.05, 0) is 25.8 Å². The first-order valence-corrected chi connectivity index (χ1v) is 8.07. The second-order valence-electron chi connectivity index (χ2n) is 4.82. The van der Waals surface area contributed by atoms with Crippen molar-refractivity contribution in [3.05, 3.63) is 0 Å². The van der Waals surface area contributed by atoms with Crippen LogP contribution in [0, 0.1) is 0 Å². The van der Waals surface area contributed by atoms with Crippen molar-refractivity contribution in [2.45, 2.75) is 32.1 Å². The molecule has 0 spiro atoms. The standard InChI is InChI=1S/C11H23N3O2S/c15-17(16,13-8-3-1-2-4-9-13)14-10-5-6-12-7-11-14/h12H,1-11H2. The summed E-state index contributed by atoms with van der Waals surface area (Å²) in [6, 6.07) is 0. The lowest BCUT2D eigenvalue weighted by Crippen LogP contribution is -2.45. The van der Waals surface area contributed by atoms with E-state index in [0.29, 0.717) is 26.2 Å². The fourth-order valence-electron chi connectivity index (χ4n) is 2.49. The predicted octanol–water partition coefficient (Wildman–Crippen LogP) is 0.403. The minimum atomic E-state index is -3.21. The summed E-state index contributed by atoms with van der Waals surface area (Å²) in [5.74, 6) is 0. The minimum absolute atomic E-state index is 0.610. The third-order valence-electron chi connectivity index (χ3n) is 3.52. The molecule has 5 nitrogen and oxygen atoms in total. The summed E-state index contributed by atoms with van der Waals surface area (Å²) in [5.41, 5.74) is 0. The number of hydrogen-bond donors (Lipinski definition) is 1. The van der Waals surface area contributed by atoms with Crippen molar-refractivity contribution < 1.29 is 8.42 Å². The van der Waals surface area contributed by atoms with Crippen molar-refractivity contribution >= 4 is 10.2 Å². The second-order valence-corrected chi connectivity index (χ2v) is 6.75. The van der Waals surface area contributed by atoms with Crippen molar-refractivity contribution in [1.29, 1.82) is 0 Å². The van der Waals surface area contributed by atoms with Crippen LogP contribution in [0.3, 0.4) is 0 Å². The van der Waals surface area contributed by atoms with Crippen LogP contribution in [0.4, 0.5) is 0 Å².